The number of hydrogen-bond acceptors (Lipinski definition) is 3. The summed E-state index contributed by atoms with van der Waals surface area (Å²) in [5.41, 5.74) is 0. The average molecular weight is 213 g/mol. The molecule has 0 bridgehead atoms. The average Bonchev–Trinajstić information content (AvgIpc) is 2.21. The number of methoxy groups -OCH3 is 1. The molecule has 1 aliphatic rings. The minimum Gasteiger partial charge on any atom is -0.468 e. The predicted octanol–water partition coefficient (Wildman–Crippen LogP) is 1.45. The van der Waals surface area contributed by atoms with Crippen LogP contribution in [-0.2, 0) is 4.74 Å². The van der Waals surface area contributed by atoms with Crippen molar-refractivity contribution in [1.29, 1.82) is 5.41 Å². The number of amidine groups is 1. The molecule has 2 atom stereocenters. The van der Waals surface area contributed by atoms with Crippen LogP contribution in [0.5, 0.6) is 0 Å². The molecule has 0 aliphatic heterocycles. The third-order valence-corrected chi connectivity index (χ3v) is 2.86. The van der Waals surface area contributed by atoms with Crippen LogP contribution in [0.25, 0.3) is 0 Å². The lowest BCUT2D eigenvalue weighted by atomic mass is 9.86. The first-order valence-electron chi connectivity index (χ1n) is 5.33. The van der Waals surface area contributed by atoms with Crippen molar-refractivity contribution in [2.24, 2.45) is 5.92 Å². The van der Waals surface area contributed by atoms with Gasteiger partial charge in [0.05, 0.1) is 7.11 Å². The van der Waals surface area contributed by atoms with Crippen molar-refractivity contribution >= 4 is 12.1 Å². The van der Waals surface area contributed by atoms with Gasteiger partial charge in [0.15, 0.2) is 0 Å². The fraction of sp³-hybridized carbons (Fsp3) is 0.800. The fourth-order valence-electron chi connectivity index (χ4n) is 1.89. The summed E-state index contributed by atoms with van der Waals surface area (Å²) in [6.07, 6.45) is 4.59. The topological polar surface area (TPSA) is 74.2 Å². The lowest BCUT2D eigenvalue weighted by Crippen LogP contribution is -2.47. The number of urea groups is 1. The van der Waals surface area contributed by atoms with E-state index in [2.05, 4.69) is 22.3 Å². The van der Waals surface area contributed by atoms with Gasteiger partial charge in [-0.1, -0.05) is 19.8 Å². The highest BCUT2D eigenvalue weighted by Crippen LogP contribution is 2.23. The lowest BCUT2D eigenvalue weighted by Gasteiger charge is -2.29. The monoisotopic (exact) mass is 213 g/mol. The molecule has 2 amide bonds. The summed E-state index contributed by atoms with van der Waals surface area (Å²) in [6, 6.07) is -0.347. The van der Waals surface area contributed by atoms with Crippen molar-refractivity contribution in [2.45, 2.75) is 38.6 Å². The van der Waals surface area contributed by atoms with Crippen LogP contribution in [0.4, 0.5) is 4.79 Å². The van der Waals surface area contributed by atoms with E-state index in [0.29, 0.717) is 5.92 Å². The zero-order valence-corrected chi connectivity index (χ0v) is 9.30. The van der Waals surface area contributed by atoms with Crippen molar-refractivity contribution in [1.82, 2.24) is 10.6 Å². The summed E-state index contributed by atoms with van der Waals surface area (Å²) in [4.78, 5) is 11.4. The molecular weight excluding hydrogens is 194 g/mol. The molecule has 0 aromatic heterocycles. The molecule has 5 nitrogen and oxygen atoms in total. The Labute approximate surface area is 90.1 Å². The van der Waals surface area contributed by atoms with Crippen molar-refractivity contribution in [3.8, 4) is 0 Å². The van der Waals surface area contributed by atoms with E-state index in [1.807, 2.05) is 0 Å². The molecule has 2 unspecified atom stereocenters. The number of rotatable bonds is 1. The predicted molar refractivity (Wildman–Crippen MR) is 57.8 cm³/mol. The molecule has 0 spiro atoms. The summed E-state index contributed by atoms with van der Waals surface area (Å²) in [7, 11) is 1.35. The summed E-state index contributed by atoms with van der Waals surface area (Å²) >= 11 is 0. The molecule has 0 aromatic rings. The smallest absolute Gasteiger partial charge is 0.323 e. The molecule has 0 aromatic carbocycles. The van der Waals surface area contributed by atoms with Crippen molar-refractivity contribution < 1.29 is 9.53 Å². The van der Waals surface area contributed by atoms with Gasteiger partial charge in [-0.2, -0.15) is 0 Å². The second-order valence-electron chi connectivity index (χ2n) is 4.00. The van der Waals surface area contributed by atoms with Gasteiger partial charge in [0, 0.05) is 6.04 Å². The molecular formula is C10H19N3O2. The molecule has 0 saturated heterocycles. The van der Waals surface area contributed by atoms with Gasteiger partial charge in [0.25, 0.3) is 6.02 Å². The van der Waals surface area contributed by atoms with Gasteiger partial charge in [0.1, 0.15) is 0 Å². The minimum atomic E-state index is -0.347. The quantitative estimate of drug-likeness (QED) is 0.455. The van der Waals surface area contributed by atoms with Crippen LogP contribution in [0, 0.1) is 11.3 Å². The maximum Gasteiger partial charge on any atom is 0.323 e. The van der Waals surface area contributed by atoms with Gasteiger partial charge in [-0.25, -0.2) is 4.79 Å². The van der Waals surface area contributed by atoms with E-state index in [9.17, 15) is 4.79 Å². The minimum absolute atomic E-state index is 0.225. The maximum atomic E-state index is 11.4. The Kier molecular flexibility index (Phi) is 4.39. The maximum absolute atomic E-state index is 11.4. The molecule has 1 rings (SSSR count). The molecule has 3 N–H and O–H groups in total. The highest BCUT2D eigenvalue weighted by molar-refractivity contribution is 5.91. The van der Waals surface area contributed by atoms with Crippen LogP contribution < -0.4 is 10.6 Å². The Balaban J connectivity index is 2.33. The van der Waals surface area contributed by atoms with E-state index in [-0.39, 0.29) is 18.1 Å². The molecule has 0 heterocycles. The van der Waals surface area contributed by atoms with Gasteiger partial charge in [-0.3, -0.25) is 10.7 Å². The Morgan fingerprint density at radius 3 is 2.67 bits per heavy atom. The Hall–Kier alpha value is -1.26. The second-order valence-corrected chi connectivity index (χ2v) is 4.00. The third-order valence-electron chi connectivity index (χ3n) is 2.86. The highest BCUT2D eigenvalue weighted by Gasteiger charge is 2.22. The fourth-order valence-corrected chi connectivity index (χ4v) is 1.89. The number of carbonyl (C=O) groups is 1. The lowest BCUT2D eigenvalue weighted by molar-refractivity contribution is 0.223. The van der Waals surface area contributed by atoms with Crippen LogP contribution in [0.1, 0.15) is 32.6 Å². The van der Waals surface area contributed by atoms with Crippen LogP contribution in [0.15, 0.2) is 0 Å². The molecule has 15 heavy (non-hydrogen) atoms. The summed E-state index contributed by atoms with van der Waals surface area (Å²) in [5, 5.41) is 12.3. The van der Waals surface area contributed by atoms with Gasteiger partial charge in [-0.15, -0.1) is 0 Å². The molecule has 86 valence electrons. The molecule has 1 aliphatic carbocycles. The van der Waals surface area contributed by atoms with Crippen LogP contribution in [0.2, 0.25) is 0 Å². The molecule has 1 fully saturated rings. The van der Waals surface area contributed by atoms with Gasteiger partial charge < -0.3 is 10.1 Å². The van der Waals surface area contributed by atoms with Gasteiger partial charge >= 0.3 is 6.03 Å². The molecule has 0 radical (unpaired) electrons. The largest absolute Gasteiger partial charge is 0.468 e. The van der Waals surface area contributed by atoms with Crippen LogP contribution in [-0.4, -0.2) is 25.2 Å². The number of ether oxygens (including phenoxy) is 1. The SMILES string of the molecule is COC(=N)NC(=O)NC1CCCCC1C. The third kappa shape index (κ3) is 3.77. The number of hydrogen-bond donors (Lipinski definition) is 3. The normalized spacial score (nSPS) is 25.5. The number of carbonyl (C=O) groups excluding carboxylic acids is 1. The van der Waals surface area contributed by atoms with Crippen LogP contribution in [0.3, 0.4) is 0 Å². The van der Waals surface area contributed by atoms with E-state index in [0.717, 1.165) is 19.3 Å². The molecule has 1 saturated carbocycles. The Morgan fingerprint density at radius 2 is 2.07 bits per heavy atom. The summed E-state index contributed by atoms with van der Waals surface area (Å²) < 4.78 is 4.55. The zero-order valence-electron chi connectivity index (χ0n) is 9.30. The van der Waals surface area contributed by atoms with Crippen molar-refractivity contribution in [3.63, 3.8) is 0 Å². The van der Waals surface area contributed by atoms with Crippen molar-refractivity contribution in [2.75, 3.05) is 7.11 Å². The standard InChI is InChI=1S/C10H19N3O2/c1-7-5-3-4-6-8(7)12-10(14)13-9(11)15-2/h7-8H,3-6H2,1-2H3,(H3,11,12,13,14). The first-order valence-corrected chi connectivity index (χ1v) is 5.33. The summed E-state index contributed by atoms with van der Waals surface area (Å²) in [5.74, 6) is 0.515. The van der Waals surface area contributed by atoms with Crippen LogP contribution >= 0.6 is 0 Å². The Morgan fingerprint density at radius 1 is 1.40 bits per heavy atom. The molecule has 5 heteroatoms. The highest BCUT2D eigenvalue weighted by atomic mass is 16.5. The van der Waals surface area contributed by atoms with E-state index in [4.69, 9.17) is 5.41 Å². The Bertz CT molecular complexity index is 243. The van der Waals surface area contributed by atoms with Gasteiger partial charge in [-0.05, 0) is 18.8 Å². The van der Waals surface area contributed by atoms with E-state index >= 15 is 0 Å². The van der Waals surface area contributed by atoms with E-state index in [1.165, 1.54) is 13.5 Å². The second kappa shape index (κ2) is 5.58. The first-order chi connectivity index (χ1) is 7.13. The van der Waals surface area contributed by atoms with Crippen molar-refractivity contribution in [3.05, 3.63) is 0 Å². The van der Waals surface area contributed by atoms with Gasteiger partial charge in [0.2, 0.25) is 0 Å². The summed E-state index contributed by atoms with van der Waals surface area (Å²) in [6.45, 7) is 2.14. The first kappa shape index (κ1) is 11.8. The van der Waals surface area contributed by atoms with E-state index < -0.39 is 0 Å². The number of amides is 2. The zero-order chi connectivity index (χ0) is 11.3. The number of nitrogens with one attached hydrogen (secondary N) is 3. The van der Waals surface area contributed by atoms with E-state index in [1.54, 1.807) is 0 Å².